The van der Waals surface area contributed by atoms with Crippen molar-refractivity contribution >= 4 is 6.08 Å². The Kier molecular flexibility index (Phi) is 4.53. The molecule has 0 aromatic heterocycles. The molecule has 2 aromatic rings. The molecule has 1 atom stereocenters. The van der Waals surface area contributed by atoms with E-state index < -0.39 is 6.10 Å². The first-order valence-electron chi connectivity index (χ1n) is 6.72. The van der Waals surface area contributed by atoms with Crippen molar-refractivity contribution in [2.24, 2.45) is 0 Å². The second-order valence-electron chi connectivity index (χ2n) is 4.68. The molecule has 0 saturated carbocycles. The van der Waals surface area contributed by atoms with Crippen LogP contribution in [0, 0.1) is 0 Å². The fourth-order valence-corrected chi connectivity index (χ4v) is 2.42. The topological polar surface area (TPSA) is 20.2 Å². The van der Waals surface area contributed by atoms with E-state index in [4.69, 9.17) is 0 Å². The Bertz CT molecular complexity index is 557. The van der Waals surface area contributed by atoms with Crippen LogP contribution in [-0.4, -0.2) is 5.11 Å². The molecule has 0 spiro atoms. The summed E-state index contributed by atoms with van der Waals surface area (Å²) in [4.78, 5) is 0. The van der Waals surface area contributed by atoms with Gasteiger partial charge in [-0.3, -0.25) is 0 Å². The summed E-state index contributed by atoms with van der Waals surface area (Å²) in [5.74, 6) is 0. The van der Waals surface area contributed by atoms with E-state index in [9.17, 15) is 5.11 Å². The van der Waals surface area contributed by atoms with E-state index in [0.29, 0.717) is 6.42 Å². The second kappa shape index (κ2) is 6.35. The standard InChI is InChI=1S/C18H20O/c1-3-14-9-5-6-11-16(14)13-18(19)17-12-8-7-10-15(17)4-2/h4-12,18-19H,2-3,13H2,1H3. The van der Waals surface area contributed by atoms with Gasteiger partial charge >= 0.3 is 0 Å². The Hall–Kier alpha value is -1.86. The van der Waals surface area contributed by atoms with E-state index in [1.807, 2.05) is 36.4 Å². The maximum atomic E-state index is 10.5. The lowest BCUT2D eigenvalue weighted by Gasteiger charge is -2.16. The maximum absolute atomic E-state index is 10.5. The summed E-state index contributed by atoms with van der Waals surface area (Å²) in [5.41, 5.74) is 4.47. The Labute approximate surface area is 115 Å². The quantitative estimate of drug-likeness (QED) is 0.846. The Morgan fingerprint density at radius 1 is 1.05 bits per heavy atom. The zero-order chi connectivity index (χ0) is 13.7. The minimum Gasteiger partial charge on any atom is -0.388 e. The molecule has 2 rings (SSSR count). The first-order valence-corrected chi connectivity index (χ1v) is 6.72. The molecule has 0 heterocycles. The first kappa shape index (κ1) is 13.6. The van der Waals surface area contributed by atoms with E-state index in [-0.39, 0.29) is 0 Å². The van der Waals surface area contributed by atoms with Gasteiger partial charge in [0.05, 0.1) is 6.10 Å². The average Bonchev–Trinajstić information content (AvgIpc) is 2.47. The van der Waals surface area contributed by atoms with Crippen molar-refractivity contribution in [3.05, 3.63) is 77.4 Å². The zero-order valence-corrected chi connectivity index (χ0v) is 11.3. The fraction of sp³-hybridized carbons (Fsp3) is 0.222. The normalized spacial score (nSPS) is 12.1. The number of hydrogen-bond donors (Lipinski definition) is 1. The number of hydrogen-bond acceptors (Lipinski definition) is 1. The fourth-order valence-electron chi connectivity index (χ4n) is 2.42. The van der Waals surface area contributed by atoms with Crippen LogP contribution in [0.25, 0.3) is 6.08 Å². The van der Waals surface area contributed by atoms with Crippen molar-refractivity contribution in [1.82, 2.24) is 0 Å². The van der Waals surface area contributed by atoms with Gasteiger partial charge < -0.3 is 5.11 Å². The van der Waals surface area contributed by atoms with Gasteiger partial charge in [0.15, 0.2) is 0 Å². The predicted octanol–water partition coefficient (Wildman–Crippen LogP) is 4.17. The highest BCUT2D eigenvalue weighted by atomic mass is 16.3. The molecule has 1 unspecified atom stereocenters. The summed E-state index contributed by atoms with van der Waals surface area (Å²) in [7, 11) is 0. The molecule has 1 nitrogen and oxygen atoms in total. The summed E-state index contributed by atoms with van der Waals surface area (Å²) in [6.45, 7) is 5.95. The number of rotatable bonds is 5. The van der Waals surface area contributed by atoms with Crippen molar-refractivity contribution in [3.63, 3.8) is 0 Å². The minimum absolute atomic E-state index is 0.484. The van der Waals surface area contributed by atoms with Gasteiger partial charge in [-0.25, -0.2) is 0 Å². The maximum Gasteiger partial charge on any atom is 0.0836 e. The van der Waals surface area contributed by atoms with Gasteiger partial charge in [0.25, 0.3) is 0 Å². The molecule has 1 heteroatoms. The smallest absolute Gasteiger partial charge is 0.0836 e. The van der Waals surface area contributed by atoms with Crippen LogP contribution in [0.3, 0.4) is 0 Å². The van der Waals surface area contributed by atoms with Crippen LogP contribution in [-0.2, 0) is 12.8 Å². The number of aryl methyl sites for hydroxylation is 1. The number of aliphatic hydroxyl groups is 1. The molecule has 98 valence electrons. The van der Waals surface area contributed by atoms with Crippen molar-refractivity contribution in [3.8, 4) is 0 Å². The zero-order valence-electron chi connectivity index (χ0n) is 11.3. The van der Waals surface area contributed by atoms with Gasteiger partial charge in [-0.15, -0.1) is 0 Å². The summed E-state index contributed by atoms with van der Waals surface area (Å²) in [6, 6.07) is 16.2. The third-order valence-corrected chi connectivity index (χ3v) is 3.49. The lowest BCUT2D eigenvalue weighted by molar-refractivity contribution is 0.178. The molecule has 0 amide bonds. The van der Waals surface area contributed by atoms with E-state index in [0.717, 1.165) is 17.5 Å². The van der Waals surface area contributed by atoms with Crippen LogP contribution in [0.15, 0.2) is 55.1 Å². The Morgan fingerprint density at radius 3 is 2.37 bits per heavy atom. The molecule has 0 aliphatic heterocycles. The number of benzene rings is 2. The SMILES string of the molecule is C=Cc1ccccc1C(O)Cc1ccccc1CC. The van der Waals surface area contributed by atoms with Crippen LogP contribution >= 0.6 is 0 Å². The first-order chi connectivity index (χ1) is 9.26. The minimum atomic E-state index is -0.484. The molecular formula is C18H20O. The summed E-state index contributed by atoms with van der Waals surface area (Å²) >= 11 is 0. The summed E-state index contributed by atoms with van der Waals surface area (Å²) in [5, 5.41) is 10.5. The van der Waals surface area contributed by atoms with Crippen molar-refractivity contribution in [2.45, 2.75) is 25.9 Å². The third-order valence-electron chi connectivity index (χ3n) is 3.49. The van der Waals surface area contributed by atoms with Gasteiger partial charge in [-0.2, -0.15) is 0 Å². The van der Waals surface area contributed by atoms with E-state index in [2.05, 4.69) is 25.6 Å². The van der Waals surface area contributed by atoms with E-state index >= 15 is 0 Å². The molecule has 2 aromatic carbocycles. The van der Waals surface area contributed by atoms with Crippen LogP contribution in [0.5, 0.6) is 0 Å². The van der Waals surface area contributed by atoms with Crippen LogP contribution < -0.4 is 0 Å². The van der Waals surface area contributed by atoms with Crippen LogP contribution in [0.4, 0.5) is 0 Å². The van der Waals surface area contributed by atoms with E-state index in [1.54, 1.807) is 6.08 Å². The van der Waals surface area contributed by atoms with Gasteiger partial charge in [0, 0.05) is 6.42 Å². The molecule has 0 aliphatic rings. The lowest BCUT2D eigenvalue weighted by Crippen LogP contribution is -2.05. The number of aliphatic hydroxyl groups excluding tert-OH is 1. The summed E-state index contributed by atoms with van der Waals surface area (Å²) in [6.07, 6.45) is 2.95. The highest BCUT2D eigenvalue weighted by Crippen LogP contribution is 2.24. The van der Waals surface area contributed by atoms with Crippen LogP contribution in [0.2, 0.25) is 0 Å². The molecule has 0 fully saturated rings. The molecule has 19 heavy (non-hydrogen) atoms. The van der Waals surface area contributed by atoms with Crippen molar-refractivity contribution in [2.75, 3.05) is 0 Å². The van der Waals surface area contributed by atoms with Crippen LogP contribution in [0.1, 0.15) is 35.3 Å². The van der Waals surface area contributed by atoms with Crippen molar-refractivity contribution in [1.29, 1.82) is 0 Å². The molecule has 0 aliphatic carbocycles. The molecule has 0 radical (unpaired) electrons. The molecule has 0 saturated heterocycles. The monoisotopic (exact) mass is 252 g/mol. The largest absolute Gasteiger partial charge is 0.388 e. The molecular weight excluding hydrogens is 232 g/mol. The highest BCUT2D eigenvalue weighted by molar-refractivity contribution is 5.52. The Morgan fingerprint density at radius 2 is 1.68 bits per heavy atom. The molecule has 1 N–H and O–H groups in total. The van der Waals surface area contributed by atoms with Crippen molar-refractivity contribution < 1.29 is 5.11 Å². The van der Waals surface area contributed by atoms with Gasteiger partial charge in [-0.1, -0.05) is 68.1 Å². The summed E-state index contributed by atoms with van der Waals surface area (Å²) < 4.78 is 0. The van der Waals surface area contributed by atoms with E-state index in [1.165, 1.54) is 11.1 Å². The predicted molar refractivity (Wildman–Crippen MR) is 81.0 cm³/mol. The average molecular weight is 252 g/mol. The third kappa shape index (κ3) is 3.12. The molecule has 0 bridgehead atoms. The highest BCUT2D eigenvalue weighted by Gasteiger charge is 2.12. The van der Waals surface area contributed by atoms with Gasteiger partial charge in [0.2, 0.25) is 0 Å². The lowest BCUT2D eigenvalue weighted by atomic mass is 9.94. The second-order valence-corrected chi connectivity index (χ2v) is 4.68. The van der Waals surface area contributed by atoms with Gasteiger partial charge in [-0.05, 0) is 28.7 Å². The van der Waals surface area contributed by atoms with Gasteiger partial charge in [0.1, 0.15) is 0 Å². The Balaban J connectivity index is 2.25.